The minimum absolute atomic E-state index is 0.720. The van der Waals surface area contributed by atoms with E-state index in [0.29, 0.717) is 0 Å². The van der Waals surface area contributed by atoms with Crippen molar-refractivity contribution in [2.24, 2.45) is 0 Å². The molecular formula is C9H7N3O2. The molecule has 0 fully saturated rings. The molecule has 0 aliphatic heterocycles. The van der Waals surface area contributed by atoms with Crippen LogP contribution >= 0.6 is 0 Å². The molecule has 0 saturated carbocycles. The first kappa shape index (κ1) is 8.43. The summed E-state index contributed by atoms with van der Waals surface area (Å²) >= 11 is 0. The molecule has 0 saturated heterocycles. The van der Waals surface area contributed by atoms with Crippen LogP contribution in [0.2, 0.25) is 0 Å². The summed E-state index contributed by atoms with van der Waals surface area (Å²) in [6, 6.07) is 5.36. The number of aromatic amines is 1. The van der Waals surface area contributed by atoms with E-state index in [4.69, 9.17) is 5.11 Å². The summed E-state index contributed by atoms with van der Waals surface area (Å²) in [5.41, 5.74) is 2.34. The SMILES string of the molecule is O=C(O)C=Cc1ccc2[nH]nnc2c1. The Morgan fingerprint density at radius 1 is 1.50 bits per heavy atom. The van der Waals surface area contributed by atoms with Crippen molar-refractivity contribution in [2.45, 2.75) is 0 Å². The van der Waals surface area contributed by atoms with Gasteiger partial charge in [0.2, 0.25) is 0 Å². The lowest BCUT2D eigenvalue weighted by atomic mass is 10.2. The Bertz CT molecular complexity index is 501. The number of hydrogen-bond acceptors (Lipinski definition) is 3. The van der Waals surface area contributed by atoms with Crippen LogP contribution in [-0.2, 0) is 4.79 Å². The number of carboxylic acids is 1. The molecule has 2 N–H and O–H groups in total. The molecule has 0 radical (unpaired) electrons. The molecule has 14 heavy (non-hydrogen) atoms. The van der Waals surface area contributed by atoms with Gasteiger partial charge in [0.05, 0.1) is 5.52 Å². The fourth-order valence-corrected chi connectivity index (χ4v) is 1.13. The van der Waals surface area contributed by atoms with Crippen molar-refractivity contribution in [1.29, 1.82) is 0 Å². The van der Waals surface area contributed by atoms with E-state index in [1.807, 2.05) is 0 Å². The predicted octanol–water partition coefficient (Wildman–Crippen LogP) is 1.06. The average Bonchev–Trinajstić information content (AvgIpc) is 2.61. The third-order valence-corrected chi connectivity index (χ3v) is 1.77. The lowest BCUT2D eigenvalue weighted by Gasteiger charge is -1.91. The summed E-state index contributed by atoms with van der Waals surface area (Å²) < 4.78 is 0. The summed E-state index contributed by atoms with van der Waals surface area (Å²) in [7, 11) is 0. The number of carbonyl (C=O) groups is 1. The number of aliphatic carboxylic acids is 1. The molecule has 1 aromatic heterocycles. The van der Waals surface area contributed by atoms with Gasteiger partial charge in [-0.2, -0.15) is 0 Å². The maximum Gasteiger partial charge on any atom is 0.328 e. The third-order valence-electron chi connectivity index (χ3n) is 1.77. The van der Waals surface area contributed by atoms with E-state index in [2.05, 4.69) is 15.4 Å². The Morgan fingerprint density at radius 3 is 3.14 bits per heavy atom. The Morgan fingerprint density at radius 2 is 2.36 bits per heavy atom. The lowest BCUT2D eigenvalue weighted by molar-refractivity contribution is -0.131. The Balaban J connectivity index is 2.39. The standard InChI is InChI=1S/C9H7N3O2/c13-9(14)4-2-6-1-3-7-8(5-6)11-12-10-7/h1-5H,(H,13,14)(H,10,11,12). The van der Waals surface area contributed by atoms with Gasteiger partial charge >= 0.3 is 5.97 Å². The lowest BCUT2D eigenvalue weighted by Crippen LogP contribution is -1.85. The number of aromatic nitrogens is 3. The molecule has 0 bridgehead atoms. The van der Waals surface area contributed by atoms with E-state index in [1.54, 1.807) is 18.2 Å². The first-order chi connectivity index (χ1) is 6.75. The molecule has 0 unspecified atom stereocenters. The van der Waals surface area contributed by atoms with Crippen LogP contribution < -0.4 is 0 Å². The predicted molar refractivity (Wildman–Crippen MR) is 50.6 cm³/mol. The van der Waals surface area contributed by atoms with Gasteiger partial charge in [0.1, 0.15) is 5.52 Å². The van der Waals surface area contributed by atoms with Gasteiger partial charge in [-0.05, 0) is 23.8 Å². The zero-order valence-electron chi connectivity index (χ0n) is 7.14. The number of hydrogen-bond donors (Lipinski definition) is 2. The highest BCUT2D eigenvalue weighted by Gasteiger charge is 1.97. The average molecular weight is 189 g/mol. The zero-order valence-corrected chi connectivity index (χ0v) is 7.14. The number of nitrogens with one attached hydrogen (secondary N) is 1. The van der Waals surface area contributed by atoms with Crippen molar-refractivity contribution in [3.63, 3.8) is 0 Å². The number of fused-ring (bicyclic) bond motifs is 1. The topological polar surface area (TPSA) is 78.9 Å². The smallest absolute Gasteiger partial charge is 0.328 e. The summed E-state index contributed by atoms with van der Waals surface area (Å²) in [5.74, 6) is -0.967. The van der Waals surface area contributed by atoms with Crippen LogP contribution in [0.3, 0.4) is 0 Å². The molecule has 0 aliphatic carbocycles. The molecule has 70 valence electrons. The van der Waals surface area contributed by atoms with Crippen LogP contribution in [0.15, 0.2) is 24.3 Å². The summed E-state index contributed by atoms with van der Waals surface area (Å²) in [6.45, 7) is 0. The number of rotatable bonds is 2. The van der Waals surface area contributed by atoms with Crippen LogP contribution in [0.25, 0.3) is 17.1 Å². The maximum absolute atomic E-state index is 10.3. The first-order valence-corrected chi connectivity index (χ1v) is 3.97. The van der Waals surface area contributed by atoms with Crippen molar-refractivity contribution in [2.75, 3.05) is 0 Å². The van der Waals surface area contributed by atoms with E-state index in [-0.39, 0.29) is 0 Å². The third kappa shape index (κ3) is 1.61. The van der Waals surface area contributed by atoms with Crippen molar-refractivity contribution < 1.29 is 9.90 Å². The number of nitrogens with zero attached hydrogens (tertiary/aromatic N) is 2. The van der Waals surface area contributed by atoms with Gasteiger partial charge in [0.25, 0.3) is 0 Å². The van der Waals surface area contributed by atoms with E-state index >= 15 is 0 Å². The highest BCUT2D eigenvalue weighted by Crippen LogP contribution is 2.11. The second-order valence-corrected chi connectivity index (χ2v) is 2.76. The number of H-pyrrole nitrogens is 1. The minimum atomic E-state index is -0.967. The van der Waals surface area contributed by atoms with Gasteiger partial charge in [-0.15, -0.1) is 5.10 Å². The normalized spacial score (nSPS) is 11.1. The van der Waals surface area contributed by atoms with E-state index in [9.17, 15) is 4.79 Å². The second kappa shape index (κ2) is 3.29. The summed E-state index contributed by atoms with van der Waals surface area (Å²) in [4.78, 5) is 10.3. The molecule has 2 aromatic rings. The molecule has 5 heteroatoms. The fourth-order valence-electron chi connectivity index (χ4n) is 1.13. The molecule has 0 atom stereocenters. The van der Waals surface area contributed by atoms with Crippen molar-refractivity contribution >= 4 is 23.1 Å². The van der Waals surface area contributed by atoms with Gasteiger partial charge < -0.3 is 5.11 Å². The summed E-state index contributed by atoms with van der Waals surface area (Å²) in [5, 5.41) is 18.6. The fraction of sp³-hybridized carbons (Fsp3) is 0. The van der Waals surface area contributed by atoms with Crippen LogP contribution in [0.1, 0.15) is 5.56 Å². The van der Waals surface area contributed by atoms with E-state index < -0.39 is 5.97 Å². The Kier molecular flexibility index (Phi) is 1.98. The van der Waals surface area contributed by atoms with Gasteiger partial charge in [-0.25, -0.2) is 4.79 Å². The Hall–Kier alpha value is -2.17. The number of benzene rings is 1. The maximum atomic E-state index is 10.3. The van der Waals surface area contributed by atoms with Crippen molar-refractivity contribution in [3.05, 3.63) is 29.8 Å². The van der Waals surface area contributed by atoms with Crippen molar-refractivity contribution in [1.82, 2.24) is 15.4 Å². The quantitative estimate of drug-likeness (QED) is 0.692. The molecule has 0 amide bonds. The molecular weight excluding hydrogens is 182 g/mol. The summed E-state index contributed by atoms with van der Waals surface area (Å²) in [6.07, 6.45) is 2.59. The van der Waals surface area contributed by atoms with Gasteiger partial charge in [-0.3, -0.25) is 5.10 Å². The Labute approximate surface area is 79.1 Å². The molecule has 2 rings (SSSR count). The highest BCUT2D eigenvalue weighted by atomic mass is 16.4. The van der Waals surface area contributed by atoms with Crippen LogP contribution in [-0.4, -0.2) is 26.5 Å². The van der Waals surface area contributed by atoms with Gasteiger partial charge in [0.15, 0.2) is 0 Å². The molecule has 1 heterocycles. The highest BCUT2D eigenvalue weighted by molar-refractivity contribution is 5.86. The van der Waals surface area contributed by atoms with Gasteiger partial charge in [0, 0.05) is 6.08 Å². The molecule has 0 aliphatic rings. The molecule has 5 nitrogen and oxygen atoms in total. The van der Waals surface area contributed by atoms with Crippen LogP contribution in [0.4, 0.5) is 0 Å². The second-order valence-electron chi connectivity index (χ2n) is 2.76. The minimum Gasteiger partial charge on any atom is -0.478 e. The largest absolute Gasteiger partial charge is 0.478 e. The van der Waals surface area contributed by atoms with Crippen molar-refractivity contribution in [3.8, 4) is 0 Å². The number of carboxylic acid groups (broad SMARTS) is 1. The van der Waals surface area contributed by atoms with E-state index in [0.717, 1.165) is 22.7 Å². The zero-order chi connectivity index (χ0) is 9.97. The monoisotopic (exact) mass is 189 g/mol. The van der Waals surface area contributed by atoms with Crippen LogP contribution in [0, 0.1) is 0 Å². The molecule has 0 spiro atoms. The van der Waals surface area contributed by atoms with E-state index in [1.165, 1.54) is 6.08 Å². The molecule has 1 aromatic carbocycles. The van der Waals surface area contributed by atoms with Gasteiger partial charge in [-0.1, -0.05) is 11.3 Å². The first-order valence-electron chi connectivity index (χ1n) is 3.97. The van der Waals surface area contributed by atoms with Crippen LogP contribution in [0.5, 0.6) is 0 Å².